The number of carbonyl (C=O) groups is 1. The molecular weight excluding hydrogens is 411 g/mol. The summed E-state index contributed by atoms with van der Waals surface area (Å²) in [5.41, 5.74) is -0.117. The largest absolute Gasteiger partial charge is 0.451 e. The monoisotopic (exact) mass is 427 g/mol. The molecule has 1 N–H and O–H groups in total. The first kappa shape index (κ1) is 20.8. The Morgan fingerprint density at radius 1 is 1.21 bits per heavy atom. The molecule has 1 saturated heterocycles. The number of halogens is 3. The average molecular weight is 427 g/mol. The number of rotatable bonds is 4. The lowest BCUT2D eigenvalue weighted by Gasteiger charge is -2.26. The van der Waals surface area contributed by atoms with Gasteiger partial charge in [0, 0.05) is 31.0 Å². The van der Waals surface area contributed by atoms with Gasteiger partial charge in [-0.15, -0.1) is 0 Å². The van der Waals surface area contributed by atoms with E-state index < -0.39 is 16.9 Å². The Hall–Kier alpha value is -2.89. The molecule has 0 radical (unpaired) electrons. The normalized spacial score (nSPS) is 14.5. The van der Waals surface area contributed by atoms with Crippen LogP contribution >= 0.6 is 11.8 Å². The van der Waals surface area contributed by atoms with Crippen LogP contribution in [0.1, 0.15) is 25.1 Å². The van der Waals surface area contributed by atoms with Crippen molar-refractivity contribution in [3.05, 3.63) is 46.4 Å². The molecule has 0 bridgehead atoms. The van der Waals surface area contributed by atoms with Crippen LogP contribution in [0.4, 0.5) is 29.3 Å². The number of hydrogen-bond acceptors (Lipinski definition) is 6. The minimum atomic E-state index is -4.72. The lowest BCUT2D eigenvalue weighted by atomic mass is 10.1. The third-order valence-corrected chi connectivity index (χ3v) is 5.15. The molecule has 1 aromatic carbocycles. The Morgan fingerprint density at radius 2 is 1.93 bits per heavy atom. The summed E-state index contributed by atoms with van der Waals surface area (Å²) in [6, 6.07) is 4.89. The Labute approximate surface area is 167 Å². The van der Waals surface area contributed by atoms with Gasteiger partial charge in [-0.2, -0.15) is 13.2 Å². The molecule has 12 heteroatoms. The van der Waals surface area contributed by atoms with Gasteiger partial charge in [-0.05, 0) is 37.5 Å². The summed E-state index contributed by atoms with van der Waals surface area (Å²) in [5, 5.41) is 14.0. The molecule has 1 aliphatic rings. The van der Waals surface area contributed by atoms with E-state index in [2.05, 4.69) is 15.3 Å². The highest BCUT2D eigenvalue weighted by Gasteiger charge is 2.34. The Bertz CT molecular complexity index is 919. The van der Waals surface area contributed by atoms with Gasteiger partial charge in [-0.1, -0.05) is 11.8 Å². The van der Waals surface area contributed by atoms with Crippen molar-refractivity contribution in [2.45, 2.75) is 35.4 Å². The molecule has 0 aliphatic carbocycles. The van der Waals surface area contributed by atoms with Crippen molar-refractivity contribution >= 4 is 29.2 Å². The summed E-state index contributed by atoms with van der Waals surface area (Å²) in [6.45, 7) is 1.24. The number of nitrogens with one attached hydrogen (secondary N) is 1. The maximum Gasteiger partial charge on any atom is 0.451 e. The number of hydrogen-bond donors (Lipinski definition) is 1. The number of nitro groups is 1. The second-order valence-corrected chi connectivity index (χ2v) is 7.30. The minimum Gasteiger partial charge on any atom is -0.325 e. The van der Waals surface area contributed by atoms with E-state index in [1.165, 1.54) is 24.3 Å². The molecule has 29 heavy (non-hydrogen) atoms. The van der Waals surface area contributed by atoms with E-state index in [0.717, 1.165) is 25.5 Å². The molecule has 0 spiro atoms. The molecule has 154 valence electrons. The third-order valence-electron chi connectivity index (χ3n) is 4.15. The SMILES string of the molecule is O=C(Nc1ccc(Sc2ccnc(C(F)(F)F)n2)c([N+](=O)[O-])c1)N1CCCCC1. The van der Waals surface area contributed by atoms with E-state index in [-0.39, 0.29) is 27.3 Å². The lowest BCUT2D eigenvalue weighted by Crippen LogP contribution is -2.38. The van der Waals surface area contributed by atoms with Crippen LogP contribution in [0.5, 0.6) is 0 Å². The predicted molar refractivity (Wildman–Crippen MR) is 98.7 cm³/mol. The Morgan fingerprint density at radius 3 is 2.59 bits per heavy atom. The van der Waals surface area contributed by atoms with Crippen molar-refractivity contribution in [3.8, 4) is 0 Å². The van der Waals surface area contributed by atoms with Gasteiger partial charge in [0.25, 0.3) is 5.69 Å². The Balaban J connectivity index is 1.80. The second kappa shape index (κ2) is 8.64. The van der Waals surface area contributed by atoms with Crippen LogP contribution in [-0.2, 0) is 6.18 Å². The van der Waals surface area contributed by atoms with Crippen LogP contribution in [0, 0.1) is 10.1 Å². The number of nitrogens with zero attached hydrogens (tertiary/aromatic N) is 4. The molecule has 2 aromatic rings. The summed E-state index contributed by atoms with van der Waals surface area (Å²) >= 11 is 0.713. The zero-order valence-corrected chi connectivity index (χ0v) is 15.8. The average Bonchev–Trinajstić information content (AvgIpc) is 2.69. The second-order valence-electron chi connectivity index (χ2n) is 6.24. The van der Waals surface area contributed by atoms with Gasteiger partial charge in [0.05, 0.1) is 9.82 Å². The van der Waals surface area contributed by atoms with Gasteiger partial charge in [-0.3, -0.25) is 10.1 Å². The van der Waals surface area contributed by atoms with Crippen LogP contribution in [0.2, 0.25) is 0 Å². The van der Waals surface area contributed by atoms with E-state index in [9.17, 15) is 28.1 Å². The highest BCUT2D eigenvalue weighted by atomic mass is 32.2. The van der Waals surface area contributed by atoms with Gasteiger partial charge in [-0.25, -0.2) is 14.8 Å². The summed E-state index contributed by atoms with van der Waals surface area (Å²) in [4.78, 5) is 31.3. The van der Waals surface area contributed by atoms with Crippen LogP contribution in [0.15, 0.2) is 40.4 Å². The third kappa shape index (κ3) is 5.34. The number of alkyl halides is 3. The highest BCUT2D eigenvalue weighted by Crippen LogP contribution is 2.36. The number of urea groups is 1. The van der Waals surface area contributed by atoms with Crippen LogP contribution in [-0.4, -0.2) is 38.9 Å². The van der Waals surface area contributed by atoms with Gasteiger partial charge in [0.1, 0.15) is 5.03 Å². The fraction of sp³-hybridized carbons (Fsp3) is 0.353. The number of benzene rings is 1. The maximum atomic E-state index is 12.8. The molecule has 2 heterocycles. The highest BCUT2D eigenvalue weighted by molar-refractivity contribution is 7.99. The van der Waals surface area contributed by atoms with E-state index in [1.54, 1.807) is 4.90 Å². The first-order chi connectivity index (χ1) is 13.7. The summed E-state index contributed by atoms with van der Waals surface area (Å²) in [5.74, 6) is -1.32. The van der Waals surface area contributed by atoms with E-state index in [4.69, 9.17) is 0 Å². The van der Waals surface area contributed by atoms with Crippen molar-refractivity contribution in [1.82, 2.24) is 14.9 Å². The molecule has 3 rings (SSSR count). The number of piperidine rings is 1. The van der Waals surface area contributed by atoms with Crippen molar-refractivity contribution < 1.29 is 22.9 Å². The Kier molecular flexibility index (Phi) is 6.20. The van der Waals surface area contributed by atoms with E-state index in [1.807, 2.05) is 0 Å². The number of nitro benzene ring substituents is 1. The maximum absolute atomic E-state index is 12.8. The predicted octanol–water partition coefficient (Wildman–Crippen LogP) is 4.57. The first-order valence-electron chi connectivity index (χ1n) is 8.66. The van der Waals surface area contributed by atoms with Crippen molar-refractivity contribution in [2.24, 2.45) is 0 Å². The van der Waals surface area contributed by atoms with Crippen molar-refractivity contribution in [1.29, 1.82) is 0 Å². The number of likely N-dealkylation sites (tertiary alicyclic amines) is 1. The first-order valence-corrected chi connectivity index (χ1v) is 9.48. The smallest absolute Gasteiger partial charge is 0.325 e. The zero-order valence-electron chi connectivity index (χ0n) is 15.0. The molecule has 2 amide bonds. The van der Waals surface area contributed by atoms with E-state index in [0.29, 0.717) is 24.9 Å². The molecule has 0 atom stereocenters. The van der Waals surface area contributed by atoms with Crippen molar-refractivity contribution in [2.75, 3.05) is 18.4 Å². The fourth-order valence-corrected chi connectivity index (χ4v) is 3.63. The quantitative estimate of drug-likeness (QED) is 0.436. The standard InChI is InChI=1S/C17H16F3N5O3S/c18-17(19,20)15-21-7-6-14(23-15)29-13-5-4-11(10-12(13)25(27)28)22-16(26)24-8-2-1-3-9-24/h4-7,10H,1-3,8-9H2,(H,22,26). The summed E-state index contributed by atoms with van der Waals surface area (Å²) in [7, 11) is 0. The summed E-state index contributed by atoms with van der Waals surface area (Å²) in [6.07, 6.45) is -0.910. The molecule has 1 aromatic heterocycles. The topological polar surface area (TPSA) is 101 Å². The fourth-order valence-electron chi connectivity index (χ4n) is 2.77. The van der Waals surface area contributed by atoms with Gasteiger partial charge in [0.15, 0.2) is 0 Å². The van der Waals surface area contributed by atoms with Gasteiger partial charge >= 0.3 is 12.2 Å². The number of carbonyl (C=O) groups excluding carboxylic acids is 1. The molecule has 0 saturated carbocycles. The molecular formula is C17H16F3N5O3S. The number of anilines is 1. The zero-order chi connectivity index (χ0) is 21.0. The number of amides is 2. The van der Waals surface area contributed by atoms with E-state index >= 15 is 0 Å². The summed E-state index contributed by atoms with van der Waals surface area (Å²) < 4.78 is 38.3. The van der Waals surface area contributed by atoms with Gasteiger partial charge < -0.3 is 10.2 Å². The molecule has 8 nitrogen and oxygen atoms in total. The van der Waals surface area contributed by atoms with Crippen LogP contribution < -0.4 is 5.32 Å². The lowest BCUT2D eigenvalue weighted by molar-refractivity contribution is -0.387. The van der Waals surface area contributed by atoms with Crippen molar-refractivity contribution in [3.63, 3.8) is 0 Å². The molecule has 1 fully saturated rings. The van der Waals surface area contributed by atoms with Crippen LogP contribution in [0.25, 0.3) is 0 Å². The minimum absolute atomic E-state index is 0.0828. The molecule has 0 unspecified atom stereocenters. The molecule has 1 aliphatic heterocycles. The number of aromatic nitrogens is 2. The van der Waals surface area contributed by atoms with Crippen LogP contribution in [0.3, 0.4) is 0 Å². The van der Waals surface area contributed by atoms with Gasteiger partial charge in [0.2, 0.25) is 5.82 Å².